The van der Waals surface area contributed by atoms with Gasteiger partial charge < -0.3 is 10.2 Å². The number of nitrogens with zero attached hydrogens (tertiary/aromatic N) is 1. The summed E-state index contributed by atoms with van der Waals surface area (Å²) in [5.74, 6) is 0. The largest absolute Gasteiger partial charge is 0.322 e. The van der Waals surface area contributed by atoms with Gasteiger partial charge in [-0.2, -0.15) is 0 Å². The minimum atomic E-state index is -0.203. The fourth-order valence-corrected chi connectivity index (χ4v) is 2.27. The molecule has 0 radical (unpaired) electrons. The van der Waals surface area contributed by atoms with Crippen molar-refractivity contribution in [2.45, 2.75) is 13.5 Å². The van der Waals surface area contributed by atoms with Crippen molar-refractivity contribution in [2.24, 2.45) is 0 Å². The summed E-state index contributed by atoms with van der Waals surface area (Å²) in [5.41, 5.74) is 1.59. The zero-order valence-electron chi connectivity index (χ0n) is 11.6. The molecule has 0 aliphatic carbocycles. The fraction of sp³-hybridized carbons (Fsp3) is 0.188. The minimum absolute atomic E-state index is 0.203. The quantitative estimate of drug-likeness (QED) is 0.839. The Balaban J connectivity index is 2.08. The van der Waals surface area contributed by atoms with E-state index in [1.54, 1.807) is 23.1 Å². The van der Waals surface area contributed by atoms with Gasteiger partial charge in [0, 0.05) is 13.1 Å². The third-order valence-corrected chi connectivity index (χ3v) is 3.90. The van der Waals surface area contributed by atoms with Crippen LogP contribution in [0.5, 0.6) is 0 Å². The second-order valence-electron chi connectivity index (χ2n) is 4.53. The van der Waals surface area contributed by atoms with Crippen molar-refractivity contribution >= 4 is 34.9 Å². The number of halogens is 2. The van der Waals surface area contributed by atoms with E-state index in [-0.39, 0.29) is 6.03 Å². The maximum absolute atomic E-state index is 12.3. The summed E-state index contributed by atoms with van der Waals surface area (Å²) in [6.07, 6.45) is 0. The van der Waals surface area contributed by atoms with E-state index in [2.05, 4.69) is 5.32 Å². The Hall–Kier alpha value is -1.71. The number of hydrogen-bond acceptors (Lipinski definition) is 1. The Bertz CT molecular complexity index is 617. The molecular weight excluding hydrogens is 307 g/mol. The van der Waals surface area contributed by atoms with E-state index >= 15 is 0 Å². The van der Waals surface area contributed by atoms with Crippen molar-refractivity contribution in [3.63, 3.8) is 0 Å². The van der Waals surface area contributed by atoms with Crippen molar-refractivity contribution in [2.75, 3.05) is 11.9 Å². The first-order chi connectivity index (χ1) is 10.1. The minimum Gasteiger partial charge on any atom is -0.320 e. The van der Waals surface area contributed by atoms with Crippen molar-refractivity contribution in [3.8, 4) is 0 Å². The van der Waals surface area contributed by atoms with Gasteiger partial charge in [0.15, 0.2) is 0 Å². The average molecular weight is 323 g/mol. The Labute approximate surface area is 134 Å². The van der Waals surface area contributed by atoms with Crippen molar-refractivity contribution in [1.82, 2.24) is 4.90 Å². The summed E-state index contributed by atoms with van der Waals surface area (Å²) in [5, 5.41) is 3.56. The first kappa shape index (κ1) is 15.7. The molecule has 0 fully saturated rings. The number of carbonyl (C=O) groups excluding carboxylic acids is 1. The molecule has 0 saturated carbocycles. The average Bonchev–Trinajstić information content (AvgIpc) is 2.50. The van der Waals surface area contributed by atoms with E-state index in [0.717, 1.165) is 5.56 Å². The molecule has 0 saturated heterocycles. The third-order valence-electron chi connectivity index (χ3n) is 3.08. The van der Waals surface area contributed by atoms with Crippen LogP contribution in [0.2, 0.25) is 10.0 Å². The lowest BCUT2D eigenvalue weighted by Gasteiger charge is -2.22. The summed E-state index contributed by atoms with van der Waals surface area (Å²) in [7, 11) is 0. The highest BCUT2D eigenvalue weighted by Crippen LogP contribution is 2.29. The van der Waals surface area contributed by atoms with Gasteiger partial charge >= 0.3 is 6.03 Å². The van der Waals surface area contributed by atoms with Gasteiger partial charge in [-0.25, -0.2) is 4.79 Å². The Morgan fingerprint density at radius 1 is 1.10 bits per heavy atom. The fourth-order valence-electron chi connectivity index (χ4n) is 1.93. The van der Waals surface area contributed by atoms with E-state index < -0.39 is 0 Å². The van der Waals surface area contributed by atoms with E-state index in [4.69, 9.17) is 23.2 Å². The first-order valence-electron chi connectivity index (χ1n) is 6.65. The molecule has 0 aliphatic rings. The lowest BCUT2D eigenvalue weighted by molar-refractivity contribution is 0.212. The lowest BCUT2D eigenvalue weighted by Crippen LogP contribution is -2.34. The molecule has 0 heterocycles. The molecule has 2 rings (SSSR count). The van der Waals surface area contributed by atoms with Crippen LogP contribution in [0, 0.1) is 0 Å². The molecule has 0 bridgehead atoms. The summed E-state index contributed by atoms with van der Waals surface area (Å²) >= 11 is 12.0. The van der Waals surface area contributed by atoms with Crippen LogP contribution in [0.15, 0.2) is 48.5 Å². The molecule has 5 heteroatoms. The van der Waals surface area contributed by atoms with Gasteiger partial charge in [-0.1, -0.05) is 59.6 Å². The van der Waals surface area contributed by atoms with Gasteiger partial charge in [0.25, 0.3) is 0 Å². The number of hydrogen-bond donors (Lipinski definition) is 1. The van der Waals surface area contributed by atoms with E-state index in [0.29, 0.717) is 28.8 Å². The summed E-state index contributed by atoms with van der Waals surface area (Å²) in [4.78, 5) is 14.0. The van der Waals surface area contributed by atoms with Crippen molar-refractivity contribution in [1.29, 1.82) is 0 Å². The smallest absolute Gasteiger partial charge is 0.320 e. The molecule has 0 atom stereocenters. The molecule has 21 heavy (non-hydrogen) atoms. The topological polar surface area (TPSA) is 32.3 Å². The van der Waals surface area contributed by atoms with Gasteiger partial charge in [0.2, 0.25) is 0 Å². The van der Waals surface area contributed by atoms with Crippen LogP contribution in [-0.4, -0.2) is 17.5 Å². The Kier molecular flexibility index (Phi) is 5.48. The number of nitrogens with one attached hydrogen (secondary N) is 1. The number of rotatable bonds is 4. The third kappa shape index (κ3) is 4.13. The molecule has 3 nitrogen and oxygen atoms in total. The van der Waals surface area contributed by atoms with E-state index in [1.807, 2.05) is 37.3 Å². The second kappa shape index (κ2) is 7.34. The maximum atomic E-state index is 12.3. The molecule has 0 unspecified atom stereocenters. The van der Waals surface area contributed by atoms with E-state index in [1.165, 1.54) is 0 Å². The number of urea groups is 1. The van der Waals surface area contributed by atoms with Gasteiger partial charge in [0.05, 0.1) is 15.7 Å². The highest BCUT2D eigenvalue weighted by Gasteiger charge is 2.14. The zero-order chi connectivity index (χ0) is 15.2. The predicted molar refractivity (Wildman–Crippen MR) is 88.0 cm³/mol. The van der Waals surface area contributed by atoms with Crippen LogP contribution < -0.4 is 5.32 Å². The zero-order valence-corrected chi connectivity index (χ0v) is 13.2. The van der Waals surface area contributed by atoms with Crippen LogP contribution in [0.4, 0.5) is 10.5 Å². The number of amides is 2. The van der Waals surface area contributed by atoms with Gasteiger partial charge in [-0.3, -0.25) is 0 Å². The number of carbonyl (C=O) groups is 1. The number of benzene rings is 2. The van der Waals surface area contributed by atoms with Gasteiger partial charge in [0.1, 0.15) is 0 Å². The van der Waals surface area contributed by atoms with Crippen LogP contribution in [0.3, 0.4) is 0 Å². The highest BCUT2D eigenvalue weighted by atomic mass is 35.5. The summed E-state index contributed by atoms with van der Waals surface area (Å²) in [6, 6.07) is 14.8. The molecule has 0 aromatic heterocycles. The monoisotopic (exact) mass is 322 g/mol. The van der Waals surface area contributed by atoms with Crippen LogP contribution in [-0.2, 0) is 6.54 Å². The van der Waals surface area contributed by atoms with E-state index in [9.17, 15) is 4.79 Å². The molecule has 0 aliphatic heterocycles. The van der Waals surface area contributed by atoms with Crippen molar-refractivity contribution in [3.05, 3.63) is 64.1 Å². The molecule has 2 aromatic rings. The Morgan fingerprint density at radius 3 is 2.48 bits per heavy atom. The maximum Gasteiger partial charge on any atom is 0.322 e. The molecule has 110 valence electrons. The van der Waals surface area contributed by atoms with Crippen LogP contribution >= 0.6 is 23.2 Å². The normalized spacial score (nSPS) is 10.2. The summed E-state index contributed by atoms with van der Waals surface area (Å²) in [6.45, 7) is 3.07. The SMILES string of the molecule is CCN(Cc1ccccc1)C(=O)Nc1cccc(Cl)c1Cl. The predicted octanol–water partition coefficient (Wildman–Crippen LogP) is 5.05. The van der Waals surface area contributed by atoms with Crippen LogP contribution in [0.25, 0.3) is 0 Å². The van der Waals surface area contributed by atoms with Crippen molar-refractivity contribution < 1.29 is 4.79 Å². The standard InChI is InChI=1S/C16H16Cl2N2O/c1-2-20(11-12-7-4-3-5-8-12)16(21)19-14-10-6-9-13(17)15(14)18/h3-10H,2,11H2,1H3,(H,19,21). The molecule has 0 spiro atoms. The molecule has 1 N–H and O–H groups in total. The molecular formula is C16H16Cl2N2O. The summed E-state index contributed by atoms with van der Waals surface area (Å²) < 4.78 is 0. The van der Waals surface area contributed by atoms with Gasteiger partial charge in [-0.05, 0) is 24.6 Å². The first-order valence-corrected chi connectivity index (χ1v) is 7.41. The van der Waals surface area contributed by atoms with Crippen LogP contribution in [0.1, 0.15) is 12.5 Å². The number of anilines is 1. The molecule has 2 aromatic carbocycles. The Morgan fingerprint density at radius 2 is 1.81 bits per heavy atom. The van der Waals surface area contributed by atoms with Gasteiger partial charge in [-0.15, -0.1) is 0 Å². The second-order valence-corrected chi connectivity index (χ2v) is 5.32. The highest BCUT2D eigenvalue weighted by molar-refractivity contribution is 6.43. The lowest BCUT2D eigenvalue weighted by atomic mass is 10.2. The molecule has 2 amide bonds.